The van der Waals surface area contributed by atoms with Crippen molar-refractivity contribution < 1.29 is 23.5 Å². The molecule has 0 unspecified atom stereocenters. The van der Waals surface area contributed by atoms with Crippen molar-refractivity contribution in [2.45, 2.75) is 106 Å². The third-order valence-corrected chi connectivity index (χ3v) is 8.87. The Bertz CT molecular complexity index is 1610. The molecule has 0 spiro atoms. The van der Waals surface area contributed by atoms with Gasteiger partial charge >= 0.3 is 5.97 Å². The molecular weight excluding hydrogens is 581 g/mol. The minimum absolute atomic E-state index is 0.0427. The van der Waals surface area contributed by atoms with Crippen LogP contribution in [0.4, 0.5) is 10.1 Å². The highest BCUT2D eigenvalue weighted by Crippen LogP contribution is 2.46. The van der Waals surface area contributed by atoms with E-state index in [1.54, 1.807) is 17.0 Å². The minimum atomic E-state index is -0.971. The molecule has 2 aliphatic rings. The molecule has 1 aromatic heterocycles. The van der Waals surface area contributed by atoms with Gasteiger partial charge in [0.25, 0.3) is 5.91 Å². The van der Waals surface area contributed by atoms with Crippen LogP contribution in [-0.4, -0.2) is 46.6 Å². The fourth-order valence-corrected chi connectivity index (χ4v) is 6.52. The minimum Gasteiger partial charge on any atom is -0.461 e. The van der Waals surface area contributed by atoms with E-state index in [0.717, 1.165) is 70.8 Å². The van der Waals surface area contributed by atoms with Crippen LogP contribution in [-0.2, 0) is 27.4 Å². The van der Waals surface area contributed by atoms with E-state index in [-0.39, 0.29) is 23.2 Å². The molecule has 0 N–H and O–H groups in total. The van der Waals surface area contributed by atoms with Crippen LogP contribution in [0.15, 0.2) is 42.5 Å². The normalized spacial score (nSPS) is 17.0. The molecule has 2 aromatic carbocycles. The second-order valence-electron chi connectivity index (χ2n) is 14.8. The number of esters is 1. The largest absolute Gasteiger partial charge is 0.461 e. The SMILES string of the molecule is Cc1nc(C)c([C@H](OC(C)(C)C)C(=O)OC(C)C)c(N2CCC(C)(C)CC2)c1-c1ccc2c(c1)CN(Cc1ccc(F)cc1)C2=O. The first-order valence-corrected chi connectivity index (χ1v) is 16.3. The van der Waals surface area contributed by atoms with E-state index in [1.807, 2.05) is 60.6 Å². The Hall–Kier alpha value is -3.78. The Labute approximate surface area is 273 Å². The zero-order valence-corrected chi connectivity index (χ0v) is 28.8. The first-order chi connectivity index (χ1) is 21.5. The number of piperidine rings is 1. The predicted molar refractivity (Wildman–Crippen MR) is 179 cm³/mol. The summed E-state index contributed by atoms with van der Waals surface area (Å²) >= 11 is 0. The first-order valence-electron chi connectivity index (χ1n) is 16.3. The van der Waals surface area contributed by atoms with Gasteiger partial charge in [-0.2, -0.15) is 0 Å². The van der Waals surface area contributed by atoms with Gasteiger partial charge in [-0.25, -0.2) is 9.18 Å². The molecule has 46 heavy (non-hydrogen) atoms. The van der Waals surface area contributed by atoms with Gasteiger partial charge in [0, 0.05) is 54.3 Å². The van der Waals surface area contributed by atoms with Gasteiger partial charge in [-0.3, -0.25) is 9.78 Å². The number of carbonyl (C=O) groups is 2. The van der Waals surface area contributed by atoms with Crippen molar-refractivity contribution in [1.82, 2.24) is 9.88 Å². The average molecular weight is 630 g/mol. The molecule has 0 bridgehead atoms. The van der Waals surface area contributed by atoms with Gasteiger partial charge in [0.1, 0.15) is 5.82 Å². The lowest BCUT2D eigenvalue weighted by Gasteiger charge is -2.41. The lowest BCUT2D eigenvalue weighted by molar-refractivity contribution is -0.171. The van der Waals surface area contributed by atoms with Gasteiger partial charge in [0.05, 0.1) is 17.4 Å². The number of hydrogen-bond acceptors (Lipinski definition) is 6. The first kappa shape index (κ1) is 33.6. The number of halogens is 1. The molecule has 1 atom stereocenters. The van der Waals surface area contributed by atoms with E-state index in [9.17, 15) is 14.0 Å². The smallest absolute Gasteiger partial charge is 0.340 e. The average Bonchev–Trinajstić information content (AvgIpc) is 3.26. The maximum atomic E-state index is 13.8. The standard InChI is InChI=1S/C38H48FN3O4/c1-23(2)45-36(44)34(46-37(5,6)7)32-25(4)40-24(3)31(33(32)41-18-16-38(8,9)17-19-41)27-12-15-30-28(20-27)22-42(35(30)43)21-26-10-13-29(39)14-11-26/h10-15,20,23,34H,16-19,21-22H2,1-9H3/t34-/m0/s1. The molecule has 3 aromatic rings. The highest BCUT2D eigenvalue weighted by molar-refractivity contribution is 5.99. The maximum Gasteiger partial charge on any atom is 0.340 e. The third kappa shape index (κ3) is 7.27. The number of rotatable bonds is 8. The van der Waals surface area contributed by atoms with Crippen LogP contribution in [0.5, 0.6) is 0 Å². The number of hydrogen-bond donors (Lipinski definition) is 0. The number of aromatic nitrogens is 1. The lowest BCUT2D eigenvalue weighted by atomic mass is 9.81. The van der Waals surface area contributed by atoms with Crippen LogP contribution in [0.3, 0.4) is 0 Å². The number of aryl methyl sites for hydroxylation is 2. The van der Waals surface area contributed by atoms with E-state index in [1.165, 1.54) is 12.1 Å². The van der Waals surface area contributed by atoms with Crippen molar-refractivity contribution in [2.75, 3.05) is 18.0 Å². The van der Waals surface area contributed by atoms with E-state index >= 15 is 0 Å². The molecule has 0 radical (unpaired) electrons. The van der Waals surface area contributed by atoms with Crippen LogP contribution in [0.2, 0.25) is 0 Å². The molecule has 1 amide bonds. The topological polar surface area (TPSA) is 72.0 Å². The summed E-state index contributed by atoms with van der Waals surface area (Å²) < 4.78 is 25.8. The summed E-state index contributed by atoms with van der Waals surface area (Å²) in [5.74, 6) is -0.773. The molecule has 0 saturated carbocycles. The Balaban J connectivity index is 1.63. The van der Waals surface area contributed by atoms with Crippen molar-refractivity contribution in [2.24, 2.45) is 5.41 Å². The zero-order valence-electron chi connectivity index (χ0n) is 28.8. The van der Waals surface area contributed by atoms with E-state index in [2.05, 4.69) is 24.8 Å². The Morgan fingerprint density at radius 3 is 2.28 bits per heavy atom. The van der Waals surface area contributed by atoms with Gasteiger partial charge in [-0.15, -0.1) is 0 Å². The predicted octanol–water partition coefficient (Wildman–Crippen LogP) is 8.09. The van der Waals surface area contributed by atoms with Gasteiger partial charge in [0.15, 0.2) is 6.10 Å². The number of benzene rings is 2. The Morgan fingerprint density at radius 1 is 1.02 bits per heavy atom. The molecule has 5 rings (SSSR count). The van der Waals surface area contributed by atoms with Crippen LogP contribution in [0.25, 0.3) is 11.1 Å². The molecule has 7 nitrogen and oxygen atoms in total. The van der Waals surface area contributed by atoms with Crippen LogP contribution >= 0.6 is 0 Å². The van der Waals surface area contributed by atoms with Gasteiger partial charge in [-0.1, -0.05) is 32.0 Å². The van der Waals surface area contributed by atoms with Crippen LogP contribution < -0.4 is 4.90 Å². The number of fused-ring (bicyclic) bond motifs is 1. The summed E-state index contributed by atoms with van der Waals surface area (Å²) in [6.45, 7) is 20.6. The van der Waals surface area contributed by atoms with Crippen molar-refractivity contribution >= 4 is 17.6 Å². The summed E-state index contributed by atoms with van der Waals surface area (Å²) in [5.41, 5.74) is 7.20. The molecular formula is C38H48FN3O4. The van der Waals surface area contributed by atoms with Gasteiger partial charge in [0.2, 0.25) is 0 Å². The second kappa shape index (κ2) is 12.8. The number of ether oxygens (including phenoxy) is 2. The molecule has 1 saturated heterocycles. The van der Waals surface area contributed by atoms with E-state index in [4.69, 9.17) is 14.5 Å². The highest BCUT2D eigenvalue weighted by atomic mass is 19.1. The summed E-state index contributed by atoms with van der Waals surface area (Å²) in [5, 5.41) is 0. The van der Waals surface area contributed by atoms with Gasteiger partial charge in [-0.05, 0) is 108 Å². The van der Waals surface area contributed by atoms with Gasteiger partial charge < -0.3 is 19.3 Å². The summed E-state index contributed by atoms with van der Waals surface area (Å²) in [6.07, 6.45) is 0.735. The maximum absolute atomic E-state index is 13.8. The zero-order chi connectivity index (χ0) is 33.6. The lowest BCUT2D eigenvalue weighted by Crippen LogP contribution is -2.39. The highest BCUT2D eigenvalue weighted by Gasteiger charge is 2.38. The monoisotopic (exact) mass is 629 g/mol. The van der Waals surface area contributed by atoms with Crippen LogP contribution in [0, 0.1) is 25.1 Å². The van der Waals surface area contributed by atoms with Crippen LogP contribution in [0.1, 0.15) is 106 Å². The molecule has 2 aliphatic heterocycles. The molecule has 246 valence electrons. The third-order valence-electron chi connectivity index (χ3n) is 8.87. The summed E-state index contributed by atoms with van der Waals surface area (Å²) in [7, 11) is 0. The number of anilines is 1. The second-order valence-corrected chi connectivity index (χ2v) is 14.8. The van der Waals surface area contributed by atoms with Crippen molar-refractivity contribution in [3.63, 3.8) is 0 Å². The number of nitrogens with zero attached hydrogens (tertiary/aromatic N) is 3. The Kier molecular flexibility index (Phi) is 9.33. The summed E-state index contributed by atoms with van der Waals surface area (Å²) in [4.78, 5) is 36.4. The molecule has 8 heteroatoms. The number of amides is 1. The van der Waals surface area contributed by atoms with Crippen molar-refractivity contribution in [3.8, 4) is 11.1 Å². The van der Waals surface area contributed by atoms with E-state index in [0.29, 0.717) is 18.7 Å². The van der Waals surface area contributed by atoms with Crippen molar-refractivity contribution in [1.29, 1.82) is 0 Å². The fourth-order valence-electron chi connectivity index (χ4n) is 6.52. The molecule has 1 fully saturated rings. The quantitative estimate of drug-likeness (QED) is 0.235. The van der Waals surface area contributed by atoms with E-state index < -0.39 is 17.7 Å². The number of carbonyl (C=O) groups excluding carboxylic acids is 2. The molecule has 0 aliphatic carbocycles. The Morgan fingerprint density at radius 2 is 1.67 bits per heavy atom. The molecule has 3 heterocycles. The van der Waals surface area contributed by atoms with Crippen molar-refractivity contribution in [3.05, 3.63) is 81.9 Å². The fraction of sp³-hybridized carbons (Fsp3) is 0.500. The summed E-state index contributed by atoms with van der Waals surface area (Å²) in [6, 6.07) is 12.2. The number of pyridine rings is 1.